The predicted octanol–water partition coefficient (Wildman–Crippen LogP) is 1.46. The number of hydrogen-bond acceptors (Lipinski definition) is 5. The molecular weight excluding hydrogens is 202 g/mol. The summed E-state index contributed by atoms with van der Waals surface area (Å²) in [5.74, 6) is -1.41. The molecule has 0 radical (unpaired) electrons. The molecule has 0 aromatic rings. The predicted molar refractivity (Wildman–Crippen MR) is 49.3 cm³/mol. The fourth-order valence-corrected chi connectivity index (χ4v) is 1.04. The van der Waals surface area contributed by atoms with Crippen molar-refractivity contribution in [1.82, 2.24) is 0 Å². The molecule has 0 saturated heterocycles. The molecule has 1 aliphatic rings. The van der Waals surface area contributed by atoms with Crippen molar-refractivity contribution in [2.24, 2.45) is 5.11 Å². The van der Waals surface area contributed by atoms with Gasteiger partial charge in [0.1, 0.15) is 6.26 Å². The van der Waals surface area contributed by atoms with E-state index in [1.807, 2.05) is 0 Å². The number of carbonyl (C=O) groups excluding carboxylic acids is 1. The van der Waals surface area contributed by atoms with Crippen LogP contribution in [-0.2, 0) is 19.0 Å². The summed E-state index contributed by atoms with van der Waals surface area (Å²) in [6.45, 7) is 3.34. The van der Waals surface area contributed by atoms with Crippen molar-refractivity contribution in [1.29, 1.82) is 0 Å². The summed E-state index contributed by atoms with van der Waals surface area (Å²) in [4.78, 5) is 13.8. The largest absolute Gasteiger partial charge is 0.468 e. The van der Waals surface area contributed by atoms with Crippen LogP contribution in [0.3, 0.4) is 0 Å². The quantitative estimate of drug-likeness (QED) is 0.307. The van der Waals surface area contributed by atoms with E-state index in [-0.39, 0.29) is 5.76 Å². The van der Waals surface area contributed by atoms with Crippen molar-refractivity contribution < 1.29 is 19.0 Å². The molecule has 1 rings (SSSR count). The molecule has 1 unspecified atom stereocenters. The Labute approximate surface area is 86.2 Å². The van der Waals surface area contributed by atoms with E-state index >= 15 is 0 Å². The average molecular weight is 213 g/mol. The van der Waals surface area contributed by atoms with E-state index in [9.17, 15) is 4.79 Å². The molecule has 0 bridgehead atoms. The van der Waals surface area contributed by atoms with Gasteiger partial charge in [-0.15, -0.1) is 0 Å². The molecule has 82 valence electrons. The van der Waals surface area contributed by atoms with Crippen LogP contribution in [-0.4, -0.2) is 24.9 Å². The third-order valence-corrected chi connectivity index (χ3v) is 1.68. The minimum absolute atomic E-state index is 0.143. The summed E-state index contributed by atoms with van der Waals surface area (Å²) in [7, 11) is 1.20. The molecule has 0 fully saturated rings. The van der Waals surface area contributed by atoms with Crippen LogP contribution < -0.4 is 0 Å². The van der Waals surface area contributed by atoms with E-state index < -0.39 is 17.8 Å². The normalized spacial score (nSPS) is 19.0. The van der Waals surface area contributed by atoms with Gasteiger partial charge in [0, 0.05) is 18.8 Å². The van der Waals surface area contributed by atoms with E-state index in [2.05, 4.69) is 14.8 Å². The third kappa shape index (κ3) is 2.54. The Balaban J connectivity index is 2.84. The summed E-state index contributed by atoms with van der Waals surface area (Å²) in [5.41, 5.74) is 8.30. The Bertz CT molecular complexity index is 344. The lowest BCUT2D eigenvalue weighted by molar-refractivity contribution is -0.145. The number of rotatable bonds is 3. The van der Waals surface area contributed by atoms with E-state index in [1.54, 1.807) is 13.8 Å². The first-order valence-electron chi connectivity index (χ1n) is 4.19. The number of ether oxygens (including phenoxy) is 3. The summed E-state index contributed by atoms with van der Waals surface area (Å²) >= 11 is 0. The van der Waals surface area contributed by atoms with Crippen molar-refractivity contribution in [2.45, 2.75) is 25.7 Å². The van der Waals surface area contributed by atoms with E-state index in [0.29, 0.717) is 0 Å². The third-order valence-electron chi connectivity index (χ3n) is 1.68. The summed E-state index contributed by atoms with van der Waals surface area (Å²) in [6, 6.07) is -1.14. The minimum atomic E-state index is -1.14. The van der Waals surface area contributed by atoms with E-state index in [1.165, 1.54) is 13.4 Å². The fourth-order valence-electron chi connectivity index (χ4n) is 1.04. The summed E-state index contributed by atoms with van der Waals surface area (Å²) in [5, 5.41) is 3.28. The Kier molecular flexibility index (Phi) is 3.06. The van der Waals surface area contributed by atoms with Gasteiger partial charge in [-0.05, 0) is 5.53 Å². The van der Waals surface area contributed by atoms with Gasteiger partial charge in [0.25, 0.3) is 0 Å². The fraction of sp³-hybridized carbons (Fsp3) is 0.625. The van der Waals surface area contributed by atoms with Crippen LogP contribution in [0.2, 0.25) is 0 Å². The van der Waals surface area contributed by atoms with Crippen molar-refractivity contribution in [2.75, 3.05) is 7.11 Å². The van der Waals surface area contributed by atoms with Crippen molar-refractivity contribution in [3.05, 3.63) is 22.5 Å². The van der Waals surface area contributed by atoms with Crippen LogP contribution in [0.25, 0.3) is 10.4 Å². The topological polar surface area (TPSA) is 93.5 Å². The summed E-state index contributed by atoms with van der Waals surface area (Å²) < 4.78 is 14.8. The molecule has 1 aliphatic heterocycles. The van der Waals surface area contributed by atoms with Gasteiger partial charge in [-0.3, -0.25) is 4.79 Å². The zero-order valence-corrected chi connectivity index (χ0v) is 8.63. The number of esters is 1. The monoisotopic (exact) mass is 213 g/mol. The molecule has 1 heterocycles. The molecule has 0 spiro atoms. The Morgan fingerprint density at radius 1 is 1.73 bits per heavy atom. The maximum atomic E-state index is 11.2. The Morgan fingerprint density at radius 3 is 2.80 bits per heavy atom. The lowest BCUT2D eigenvalue weighted by Crippen LogP contribution is -2.26. The van der Waals surface area contributed by atoms with Crippen molar-refractivity contribution in [3.63, 3.8) is 0 Å². The van der Waals surface area contributed by atoms with Crippen LogP contribution >= 0.6 is 0 Å². The van der Waals surface area contributed by atoms with Gasteiger partial charge in [0.2, 0.25) is 5.79 Å². The Morgan fingerprint density at radius 2 is 2.40 bits per heavy atom. The SMILES string of the molecule is COC(=O)C(N=[N+]=[N-])C1=COC(C)(C)O1. The molecule has 15 heavy (non-hydrogen) atoms. The van der Waals surface area contributed by atoms with E-state index in [4.69, 9.17) is 15.0 Å². The number of nitrogens with zero attached hydrogens (tertiary/aromatic N) is 3. The number of carbonyl (C=O) groups is 1. The van der Waals surface area contributed by atoms with Gasteiger partial charge in [-0.25, -0.2) is 0 Å². The second-order valence-corrected chi connectivity index (χ2v) is 3.27. The van der Waals surface area contributed by atoms with Crippen LogP contribution in [0, 0.1) is 0 Å². The van der Waals surface area contributed by atoms with Gasteiger partial charge in [-0.2, -0.15) is 0 Å². The molecule has 0 aromatic heterocycles. The van der Waals surface area contributed by atoms with Crippen molar-refractivity contribution >= 4 is 5.97 Å². The standard InChI is InChI=1S/C8H11N3O4/c1-8(2)14-4-5(15-8)6(10-11-9)7(12)13-3/h4,6H,1-3H3. The first-order chi connectivity index (χ1) is 7.00. The molecule has 0 amide bonds. The van der Waals surface area contributed by atoms with Crippen LogP contribution in [0.5, 0.6) is 0 Å². The number of azide groups is 1. The molecule has 0 aliphatic carbocycles. The lowest BCUT2D eigenvalue weighted by Gasteiger charge is -2.19. The van der Waals surface area contributed by atoms with E-state index in [0.717, 1.165) is 0 Å². The smallest absolute Gasteiger partial charge is 0.322 e. The maximum Gasteiger partial charge on any atom is 0.322 e. The highest BCUT2D eigenvalue weighted by Gasteiger charge is 2.35. The highest BCUT2D eigenvalue weighted by molar-refractivity contribution is 5.79. The van der Waals surface area contributed by atoms with Crippen molar-refractivity contribution in [3.8, 4) is 0 Å². The highest BCUT2D eigenvalue weighted by Crippen LogP contribution is 2.27. The Hall–Kier alpha value is -1.88. The second kappa shape index (κ2) is 4.10. The molecule has 0 N–H and O–H groups in total. The molecule has 7 nitrogen and oxygen atoms in total. The van der Waals surface area contributed by atoms with Crippen LogP contribution in [0.4, 0.5) is 0 Å². The summed E-state index contributed by atoms with van der Waals surface area (Å²) in [6.07, 6.45) is 1.25. The molecule has 1 atom stereocenters. The van der Waals surface area contributed by atoms with Gasteiger partial charge in [0.15, 0.2) is 11.8 Å². The zero-order chi connectivity index (χ0) is 11.5. The highest BCUT2D eigenvalue weighted by atomic mass is 16.7. The molecule has 0 saturated carbocycles. The lowest BCUT2D eigenvalue weighted by atomic mass is 10.3. The minimum Gasteiger partial charge on any atom is -0.468 e. The van der Waals surface area contributed by atoms with Gasteiger partial charge < -0.3 is 14.2 Å². The number of hydrogen-bond donors (Lipinski definition) is 0. The molecule has 0 aromatic carbocycles. The first kappa shape index (κ1) is 11.2. The number of methoxy groups -OCH3 is 1. The zero-order valence-electron chi connectivity index (χ0n) is 8.63. The van der Waals surface area contributed by atoms with Gasteiger partial charge in [0.05, 0.1) is 7.11 Å². The van der Waals surface area contributed by atoms with Gasteiger partial charge >= 0.3 is 5.97 Å². The average Bonchev–Trinajstić information content (AvgIpc) is 2.54. The second-order valence-electron chi connectivity index (χ2n) is 3.27. The maximum absolute atomic E-state index is 11.2. The molecular formula is C8H11N3O4. The van der Waals surface area contributed by atoms with Gasteiger partial charge in [-0.1, -0.05) is 5.11 Å². The first-order valence-corrected chi connectivity index (χ1v) is 4.19. The van der Waals surface area contributed by atoms with Crippen LogP contribution in [0.15, 0.2) is 17.1 Å². The molecule has 7 heteroatoms. The van der Waals surface area contributed by atoms with Crippen LogP contribution in [0.1, 0.15) is 13.8 Å².